The fourth-order valence-corrected chi connectivity index (χ4v) is 4.42. The highest BCUT2D eigenvalue weighted by Crippen LogP contribution is 2.56. The van der Waals surface area contributed by atoms with E-state index in [4.69, 9.17) is 21.1 Å². The van der Waals surface area contributed by atoms with E-state index in [0.29, 0.717) is 10.8 Å². The predicted octanol–water partition coefficient (Wildman–Crippen LogP) is 5.27. The van der Waals surface area contributed by atoms with E-state index in [2.05, 4.69) is 62.1 Å². The smallest absolute Gasteiger partial charge is 0.212 e. The Balaban J connectivity index is 1.93. The van der Waals surface area contributed by atoms with Gasteiger partial charge in [0.25, 0.3) is 0 Å². The molecule has 0 N–H and O–H groups in total. The van der Waals surface area contributed by atoms with Crippen molar-refractivity contribution in [1.82, 2.24) is 0 Å². The van der Waals surface area contributed by atoms with Crippen LogP contribution in [0, 0.1) is 0 Å². The Morgan fingerprint density at radius 3 is 2.68 bits per heavy atom. The summed E-state index contributed by atoms with van der Waals surface area (Å²) in [5, 5.41) is 0.640. The Labute approximate surface area is 153 Å². The van der Waals surface area contributed by atoms with Crippen LogP contribution in [0.25, 0.3) is 6.08 Å². The van der Waals surface area contributed by atoms with Crippen molar-refractivity contribution >= 4 is 23.4 Å². The van der Waals surface area contributed by atoms with Crippen LogP contribution in [-0.4, -0.2) is 19.4 Å². The second kappa shape index (κ2) is 5.43. The van der Waals surface area contributed by atoms with E-state index in [0.717, 1.165) is 17.9 Å². The van der Waals surface area contributed by atoms with Crippen molar-refractivity contribution in [2.75, 3.05) is 18.6 Å². The Morgan fingerprint density at radius 2 is 1.96 bits per heavy atom. The first-order valence-corrected chi connectivity index (χ1v) is 8.95. The van der Waals surface area contributed by atoms with Gasteiger partial charge >= 0.3 is 0 Å². The molecule has 0 bridgehead atoms. The molecular weight excluding hydrogens is 334 g/mol. The highest BCUT2D eigenvalue weighted by Gasteiger charge is 2.58. The molecule has 4 heteroatoms. The fraction of sp³-hybridized carbons (Fsp3) is 0.333. The summed E-state index contributed by atoms with van der Waals surface area (Å²) in [5.74, 6) is 1.41. The summed E-state index contributed by atoms with van der Waals surface area (Å²) >= 11 is 6.22. The number of halogens is 1. The van der Waals surface area contributed by atoms with Gasteiger partial charge in [0.2, 0.25) is 5.72 Å². The van der Waals surface area contributed by atoms with Gasteiger partial charge in [-0.15, -0.1) is 0 Å². The summed E-state index contributed by atoms with van der Waals surface area (Å²) in [4.78, 5) is 2.33. The lowest BCUT2D eigenvalue weighted by molar-refractivity contribution is 0.0516. The van der Waals surface area contributed by atoms with Gasteiger partial charge in [-0.2, -0.15) is 0 Å². The number of hydrogen-bond donors (Lipinski definition) is 0. The Hall–Kier alpha value is -2.13. The van der Waals surface area contributed by atoms with Crippen molar-refractivity contribution in [3.05, 3.63) is 58.6 Å². The molecule has 1 atom stereocenters. The van der Waals surface area contributed by atoms with Crippen molar-refractivity contribution in [2.24, 2.45) is 0 Å². The van der Waals surface area contributed by atoms with E-state index in [-0.39, 0.29) is 5.41 Å². The van der Waals surface area contributed by atoms with Gasteiger partial charge in [-0.25, -0.2) is 0 Å². The maximum atomic E-state index is 6.71. The summed E-state index contributed by atoms with van der Waals surface area (Å²) in [6.07, 6.45) is 4.26. The number of benzene rings is 2. The van der Waals surface area contributed by atoms with E-state index in [1.807, 2.05) is 6.07 Å². The van der Waals surface area contributed by atoms with Gasteiger partial charge in [0, 0.05) is 28.9 Å². The predicted molar refractivity (Wildman–Crippen MR) is 103 cm³/mol. The zero-order chi connectivity index (χ0) is 17.8. The van der Waals surface area contributed by atoms with Gasteiger partial charge in [-0.3, -0.25) is 0 Å². The molecule has 0 aliphatic carbocycles. The summed E-state index contributed by atoms with van der Waals surface area (Å²) in [6, 6.07) is 12.2. The van der Waals surface area contributed by atoms with Crippen molar-refractivity contribution in [3.8, 4) is 11.5 Å². The van der Waals surface area contributed by atoms with E-state index in [1.165, 1.54) is 11.3 Å². The van der Waals surface area contributed by atoms with Crippen molar-refractivity contribution in [2.45, 2.75) is 31.9 Å². The van der Waals surface area contributed by atoms with Gasteiger partial charge in [0.1, 0.15) is 0 Å². The Bertz CT molecular complexity index is 874. The molecule has 1 spiro atoms. The number of nitrogens with zero attached hydrogens (tertiary/aromatic N) is 1. The van der Waals surface area contributed by atoms with Crippen LogP contribution < -0.4 is 14.4 Å². The molecule has 0 saturated heterocycles. The summed E-state index contributed by atoms with van der Waals surface area (Å²) < 4.78 is 12.3. The molecule has 0 saturated carbocycles. The van der Waals surface area contributed by atoms with Crippen LogP contribution in [0.3, 0.4) is 0 Å². The lowest BCUT2D eigenvalue weighted by atomic mass is 9.76. The largest absolute Gasteiger partial charge is 0.493 e. The summed E-state index contributed by atoms with van der Waals surface area (Å²) in [6.45, 7) is 7.47. The molecule has 1 unspecified atom stereocenters. The molecule has 25 heavy (non-hydrogen) atoms. The third-order valence-corrected chi connectivity index (χ3v) is 5.71. The zero-order valence-electron chi connectivity index (χ0n) is 15.0. The molecule has 0 amide bonds. The number of rotatable bonds is 2. The number of methoxy groups -OCH3 is 1. The number of likely N-dealkylation sites (N-methyl/N-ethyl adjacent to an activating group) is 1. The van der Waals surface area contributed by atoms with Crippen LogP contribution in [0.1, 0.15) is 31.9 Å². The molecular formula is C21H22ClNO2. The van der Waals surface area contributed by atoms with Crippen molar-refractivity contribution < 1.29 is 9.47 Å². The van der Waals surface area contributed by atoms with Crippen LogP contribution in [0.5, 0.6) is 11.5 Å². The topological polar surface area (TPSA) is 21.7 Å². The normalized spacial score (nSPS) is 22.5. The number of anilines is 1. The molecule has 2 heterocycles. The summed E-state index contributed by atoms with van der Waals surface area (Å²) in [7, 11) is 1.65. The summed E-state index contributed by atoms with van der Waals surface area (Å²) in [5.41, 5.74) is 2.63. The van der Waals surface area contributed by atoms with Gasteiger partial charge in [0.05, 0.1) is 12.5 Å². The lowest BCUT2D eigenvalue weighted by Crippen LogP contribution is -2.59. The molecule has 0 aromatic heterocycles. The third-order valence-electron chi connectivity index (χ3n) is 5.50. The molecule has 2 aromatic carbocycles. The molecule has 2 aliphatic rings. The molecule has 2 aliphatic heterocycles. The monoisotopic (exact) mass is 355 g/mol. The van der Waals surface area contributed by atoms with E-state index in [9.17, 15) is 0 Å². The fourth-order valence-electron chi connectivity index (χ4n) is 4.20. The maximum Gasteiger partial charge on any atom is 0.212 e. The average molecular weight is 356 g/mol. The van der Waals surface area contributed by atoms with E-state index >= 15 is 0 Å². The van der Waals surface area contributed by atoms with Gasteiger partial charge in [0.15, 0.2) is 11.5 Å². The average Bonchev–Trinajstić information content (AvgIpc) is 2.79. The standard InChI is InChI=1S/C21H22ClNO2/c1-5-23-17-9-7-6-8-16(17)20(2,3)21(23)11-10-14-12-15(22)13-18(24-4)19(14)25-21/h6-13H,5H2,1-4H3. The first-order chi connectivity index (χ1) is 11.9. The second-order valence-corrected chi connectivity index (χ2v) is 7.48. The minimum Gasteiger partial charge on any atom is -0.493 e. The molecule has 2 aromatic rings. The highest BCUT2D eigenvalue weighted by molar-refractivity contribution is 6.31. The Kier molecular flexibility index (Phi) is 3.55. The van der Waals surface area contributed by atoms with Gasteiger partial charge in [-0.1, -0.05) is 29.8 Å². The third kappa shape index (κ3) is 2.05. The molecule has 4 rings (SSSR count). The van der Waals surface area contributed by atoms with E-state index in [1.54, 1.807) is 13.2 Å². The first kappa shape index (κ1) is 16.3. The first-order valence-electron chi connectivity index (χ1n) is 8.57. The lowest BCUT2D eigenvalue weighted by Gasteiger charge is -2.47. The van der Waals surface area contributed by atoms with Crippen LogP contribution in [0.2, 0.25) is 5.02 Å². The minimum absolute atomic E-state index is 0.224. The maximum absolute atomic E-state index is 6.71. The van der Waals surface area contributed by atoms with Gasteiger partial charge in [-0.05, 0) is 50.6 Å². The Morgan fingerprint density at radius 1 is 1.20 bits per heavy atom. The zero-order valence-corrected chi connectivity index (χ0v) is 15.7. The number of fused-ring (bicyclic) bond motifs is 2. The van der Waals surface area contributed by atoms with Crippen molar-refractivity contribution in [3.63, 3.8) is 0 Å². The molecule has 3 nitrogen and oxygen atoms in total. The molecule has 130 valence electrons. The van der Waals surface area contributed by atoms with Crippen LogP contribution >= 0.6 is 11.6 Å². The van der Waals surface area contributed by atoms with Crippen LogP contribution in [-0.2, 0) is 5.41 Å². The quantitative estimate of drug-likeness (QED) is 0.732. The van der Waals surface area contributed by atoms with Crippen LogP contribution in [0.15, 0.2) is 42.5 Å². The molecule has 0 radical (unpaired) electrons. The SMILES string of the molecule is CCN1c2ccccc2C(C)(C)C12C=Cc1cc(Cl)cc(OC)c1O2. The number of ether oxygens (including phenoxy) is 2. The van der Waals surface area contributed by atoms with Crippen LogP contribution in [0.4, 0.5) is 5.69 Å². The minimum atomic E-state index is -0.598. The van der Waals surface area contributed by atoms with E-state index < -0.39 is 5.72 Å². The second-order valence-electron chi connectivity index (χ2n) is 7.04. The highest BCUT2D eigenvalue weighted by atomic mass is 35.5. The van der Waals surface area contributed by atoms with Gasteiger partial charge < -0.3 is 14.4 Å². The number of para-hydroxylation sites is 1. The molecule has 0 fully saturated rings. The number of hydrogen-bond acceptors (Lipinski definition) is 3. The van der Waals surface area contributed by atoms with Crippen molar-refractivity contribution in [1.29, 1.82) is 0 Å².